The largest absolute Gasteiger partial charge is 0.481 e. The van der Waals surface area contributed by atoms with Gasteiger partial charge in [0.05, 0.1) is 12.0 Å². The van der Waals surface area contributed by atoms with Crippen molar-refractivity contribution in [3.63, 3.8) is 0 Å². The minimum absolute atomic E-state index is 0.112. The van der Waals surface area contributed by atoms with Gasteiger partial charge >= 0.3 is 5.97 Å². The van der Waals surface area contributed by atoms with Crippen molar-refractivity contribution in [2.24, 2.45) is 5.41 Å². The molecule has 0 bridgehead atoms. The molecular formula is C13H17BrN2O3. The molecule has 2 N–H and O–H groups in total. The summed E-state index contributed by atoms with van der Waals surface area (Å²) in [4.78, 5) is 26.9. The van der Waals surface area contributed by atoms with E-state index in [2.05, 4.69) is 26.2 Å². The third kappa shape index (κ3) is 4.98. The molecule has 6 heteroatoms. The molecule has 0 saturated heterocycles. The van der Waals surface area contributed by atoms with E-state index >= 15 is 0 Å². The van der Waals surface area contributed by atoms with Gasteiger partial charge in [0.15, 0.2) is 0 Å². The van der Waals surface area contributed by atoms with Crippen LogP contribution in [0.1, 0.15) is 37.6 Å². The normalized spacial score (nSPS) is 12.8. The number of aromatic nitrogens is 1. The fourth-order valence-electron chi connectivity index (χ4n) is 1.50. The van der Waals surface area contributed by atoms with Crippen molar-refractivity contribution in [2.75, 3.05) is 0 Å². The van der Waals surface area contributed by atoms with Gasteiger partial charge in [-0.1, -0.05) is 20.8 Å². The lowest BCUT2D eigenvalue weighted by molar-refractivity contribution is -0.138. The van der Waals surface area contributed by atoms with E-state index in [0.717, 1.165) is 0 Å². The standard InChI is InChI=1S/C13H17BrN2O3/c1-13(2,3)9(6-11(17)18)16-12(19)8-4-5-10(14)15-7-8/h4-5,7,9H,6H2,1-3H3,(H,16,19)(H,17,18). The first kappa shape index (κ1) is 15.6. The van der Waals surface area contributed by atoms with Crippen LogP contribution in [0, 0.1) is 5.41 Å². The molecule has 0 aliphatic carbocycles. The number of hydrogen-bond donors (Lipinski definition) is 2. The maximum absolute atomic E-state index is 12.0. The Labute approximate surface area is 120 Å². The van der Waals surface area contributed by atoms with Crippen molar-refractivity contribution in [3.05, 3.63) is 28.5 Å². The van der Waals surface area contributed by atoms with Gasteiger partial charge in [-0.05, 0) is 33.5 Å². The van der Waals surface area contributed by atoms with Crippen LogP contribution in [0.25, 0.3) is 0 Å². The zero-order chi connectivity index (χ0) is 14.6. The van der Waals surface area contributed by atoms with Crippen LogP contribution in [-0.2, 0) is 4.79 Å². The molecule has 0 aliphatic rings. The van der Waals surface area contributed by atoms with Crippen molar-refractivity contribution >= 4 is 27.8 Å². The zero-order valence-corrected chi connectivity index (χ0v) is 12.7. The topological polar surface area (TPSA) is 79.3 Å². The fourth-order valence-corrected chi connectivity index (χ4v) is 1.73. The minimum Gasteiger partial charge on any atom is -0.481 e. The molecule has 5 nitrogen and oxygen atoms in total. The molecule has 0 radical (unpaired) electrons. The molecule has 0 spiro atoms. The highest BCUT2D eigenvalue weighted by Gasteiger charge is 2.28. The Morgan fingerprint density at radius 3 is 2.47 bits per heavy atom. The van der Waals surface area contributed by atoms with Crippen LogP contribution in [0.3, 0.4) is 0 Å². The highest BCUT2D eigenvalue weighted by atomic mass is 79.9. The van der Waals surface area contributed by atoms with Gasteiger partial charge in [-0.2, -0.15) is 0 Å². The Balaban J connectivity index is 2.81. The van der Waals surface area contributed by atoms with Gasteiger partial charge < -0.3 is 10.4 Å². The molecular weight excluding hydrogens is 312 g/mol. The molecule has 1 unspecified atom stereocenters. The lowest BCUT2D eigenvalue weighted by atomic mass is 9.84. The monoisotopic (exact) mass is 328 g/mol. The molecule has 1 heterocycles. The number of hydrogen-bond acceptors (Lipinski definition) is 3. The maximum Gasteiger partial charge on any atom is 0.305 e. The third-order valence-electron chi connectivity index (χ3n) is 2.72. The Morgan fingerprint density at radius 1 is 1.42 bits per heavy atom. The van der Waals surface area contributed by atoms with Gasteiger partial charge in [-0.3, -0.25) is 9.59 Å². The van der Waals surface area contributed by atoms with Gasteiger partial charge in [0.25, 0.3) is 5.91 Å². The zero-order valence-electron chi connectivity index (χ0n) is 11.1. The van der Waals surface area contributed by atoms with E-state index < -0.39 is 12.0 Å². The van der Waals surface area contributed by atoms with E-state index in [0.29, 0.717) is 10.2 Å². The summed E-state index contributed by atoms with van der Waals surface area (Å²) in [5.74, 6) is -1.25. The Morgan fingerprint density at radius 2 is 2.05 bits per heavy atom. The van der Waals surface area contributed by atoms with Gasteiger partial charge in [0, 0.05) is 12.2 Å². The number of carboxylic acid groups (broad SMARTS) is 1. The summed E-state index contributed by atoms with van der Waals surface area (Å²) in [7, 11) is 0. The van der Waals surface area contributed by atoms with Gasteiger partial charge in [-0.15, -0.1) is 0 Å². The number of nitrogens with one attached hydrogen (secondary N) is 1. The minimum atomic E-state index is -0.936. The predicted octanol–water partition coefficient (Wildman–Crippen LogP) is 2.46. The Bertz CT molecular complexity index is 466. The first-order chi connectivity index (χ1) is 8.70. The number of carbonyl (C=O) groups is 2. The number of carboxylic acids is 1. The van der Waals surface area contributed by atoms with Crippen molar-refractivity contribution in [3.8, 4) is 0 Å². The average Bonchev–Trinajstić information content (AvgIpc) is 2.27. The molecule has 104 valence electrons. The highest BCUT2D eigenvalue weighted by molar-refractivity contribution is 9.10. The number of aliphatic carboxylic acids is 1. The maximum atomic E-state index is 12.0. The van der Waals surface area contributed by atoms with E-state index in [4.69, 9.17) is 5.11 Å². The van der Waals surface area contributed by atoms with Gasteiger partial charge in [0.2, 0.25) is 0 Å². The number of rotatable bonds is 4. The smallest absolute Gasteiger partial charge is 0.305 e. The average molecular weight is 329 g/mol. The molecule has 1 rings (SSSR count). The number of carbonyl (C=O) groups excluding carboxylic acids is 1. The van der Waals surface area contributed by atoms with Crippen LogP contribution < -0.4 is 5.32 Å². The summed E-state index contributed by atoms with van der Waals surface area (Å²) in [5.41, 5.74) is 0.0689. The molecule has 0 fully saturated rings. The summed E-state index contributed by atoms with van der Waals surface area (Å²) >= 11 is 3.19. The molecule has 1 aromatic heterocycles. The van der Waals surface area contributed by atoms with Crippen LogP contribution in [-0.4, -0.2) is 28.0 Å². The SMILES string of the molecule is CC(C)(C)C(CC(=O)O)NC(=O)c1ccc(Br)nc1. The molecule has 0 saturated carbocycles. The van der Waals surface area contributed by atoms with Crippen LogP contribution in [0.4, 0.5) is 0 Å². The molecule has 1 aromatic rings. The predicted molar refractivity (Wildman–Crippen MR) is 74.9 cm³/mol. The van der Waals surface area contributed by atoms with Crippen molar-refractivity contribution in [1.82, 2.24) is 10.3 Å². The molecule has 1 atom stereocenters. The van der Waals surface area contributed by atoms with Gasteiger partial charge in [-0.25, -0.2) is 4.98 Å². The Hall–Kier alpha value is -1.43. The van der Waals surface area contributed by atoms with E-state index in [-0.39, 0.29) is 17.7 Å². The number of halogens is 1. The van der Waals surface area contributed by atoms with Crippen LogP contribution >= 0.6 is 15.9 Å². The molecule has 0 aliphatic heterocycles. The summed E-state index contributed by atoms with van der Waals surface area (Å²) < 4.78 is 0.641. The second kappa shape index (κ2) is 6.14. The van der Waals surface area contributed by atoms with Crippen molar-refractivity contribution < 1.29 is 14.7 Å². The van der Waals surface area contributed by atoms with E-state index in [1.165, 1.54) is 6.20 Å². The number of amides is 1. The first-order valence-corrected chi connectivity index (χ1v) is 6.63. The van der Waals surface area contributed by atoms with Crippen LogP contribution in [0.5, 0.6) is 0 Å². The van der Waals surface area contributed by atoms with E-state index in [9.17, 15) is 9.59 Å². The summed E-state index contributed by atoms with van der Waals surface area (Å²) in [6, 6.07) is 2.85. The second-order valence-electron chi connectivity index (χ2n) is 5.36. The van der Waals surface area contributed by atoms with Gasteiger partial charge in [0.1, 0.15) is 4.60 Å². The highest BCUT2D eigenvalue weighted by Crippen LogP contribution is 2.22. The molecule has 0 aromatic carbocycles. The lowest BCUT2D eigenvalue weighted by Crippen LogP contribution is -2.45. The summed E-state index contributed by atoms with van der Waals surface area (Å²) in [6.45, 7) is 5.67. The number of nitrogens with zero attached hydrogens (tertiary/aromatic N) is 1. The van der Waals surface area contributed by atoms with Crippen LogP contribution in [0.2, 0.25) is 0 Å². The Kier molecular flexibility index (Phi) is 5.05. The first-order valence-electron chi connectivity index (χ1n) is 5.84. The lowest BCUT2D eigenvalue weighted by Gasteiger charge is -2.30. The van der Waals surface area contributed by atoms with Crippen LogP contribution in [0.15, 0.2) is 22.9 Å². The van der Waals surface area contributed by atoms with Crippen molar-refractivity contribution in [2.45, 2.75) is 33.2 Å². The third-order valence-corrected chi connectivity index (χ3v) is 3.19. The van der Waals surface area contributed by atoms with Crippen molar-refractivity contribution in [1.29, 1.82) is 0 Å². The molecule has 19 heavy (non-hydrogen) atoms. The summed E-state index contributed by atoms with van der Waals surface area (Å²) in [6.07, 6.45) is 1.33. The quantitative estimate of drug-likeness (QED) is 0.832. The van der Waals surface area contributed by atoms with E-state index in [1.807, 2.05) is 20.8 Å². The molecule has 1 amide bonds. The fraction of sp³-hybridized carbons (Fsp3) is 0.462. The summed E-state index contributed by atoms with van der Waals surface area (Å²) in [5, 5.41) is 11.6. The second-order valence-corrected chi connectivity index (χ2v) is 6.17. The number of pyridine rings is 1. The van der Waals surface area contributed by atoms with E-state index in [1.54, 1.807) is 12.1 Å².